The average Bonchev–Trinajstić information content (AvgIpc) is 3.46. The molecule has 0 saturated carbocycles. The van der Waals surface area contributed by atoms with Gasteiger partial charge in [-0.25, -0.2) is 0 Å². The Bertz CT molecular complexity index is 2800. The first-order valence-corrected chi connectivity index (χ1v) is 18.2. The molecule has 0 saturated heterocycles. The van der Waals surface area contributed by atoms with Gasteiger partial charge in [0.05, 0.1) is 5.69 Å². The highest BCUT2D eigenvalue weighted by molar-refractivity contribution is 6.19. The smallest absolute Gasteiger partial charge is 0.0546 e. The Morgan fingerprint density at radius 2 is 0.942 bits per heavy atom. The van der Waals surface area contributed by atoms with Gasteiger partial charge in [0.15, 0.2) is 0 Å². The molecule has 0 spiro atoms. The van der Waals surface area contributed by atoms with Crippen LogP contribution in [0.25, 0.3) is 65.7 Å². The van der Waals surface area contributed by atoms with Gasteiger partial charge in [0.1, 0.15) is 0 Å². The second-order valence-corrected chi connectivity index (χ2v) is 14.5. The molecule has 1 nitrogen and oxygen atoms in total. The number of hydrogen-bond acceptors (Lipinski definition) is 1. The van der Waals surface area contributed by atoms with Crippen molar-refractivity contribution >= 4 is 49.4 Å². The third kappa shape index (κ3) is 4.63. The fourth-order valence-corrected chi connectivity index (χ4v) is 8.93. The highest BCUT2D eigenvalue weighted by atomic mass is 15.1. The summed E-state index contributed by atoms with van der Waals surface area (Å²) in [6, 6.07) is 68.9. The molecule has 0 unspecified atom stereocenters. The lowest BCUT2D eigenvalue weighted by Crippen LogP contribution is -2.16. The van der Waals surface area contributed by atoms with Gasteiger partial charge in [-0.05, 0) is 102 Å². The van der Waals surface area contributed by atoms with Gasteiger partial charge >= 0.3 is 0 Å². The number of nitrogens with zero attached hydrogens (tertiary/aromatic N) is 1. The van der Waals surface area contributed by atoms with Crippen LogP contribution in [0.15, 0.2) is 188 Å². The molecule has 10 rings (SSSR count). The molecule has 0 aromatic heterocycles. The van der Waals surface area contributed by atoms with Gasteiger partial charge in [-0.3, -0.25) is 0 Å². The summed E-state index contributed by atoms with van der Waals surface area (Å²) in [6.07, 6.45) is 0. The zero-order valence-corrected chi connectivity index (χ0v) is 29.3. The summed E-state index contributed by atoms with van der Waals surface area (Å²) in [7, 11) is 0. The van der Waals surface area contributed by atoms with Crippen molar-refractivity contribution in [1.29, 1.82) is 0 Å². The SMILES string of the molecule is CC1(C)c2c(ccc3cc(N(c4ccccc4)c4cc(-c5ccccc5)ccc4-c4ccccc4)ccc23)-c2c1c1ccccc1c1ccccc21. The predicted octanol–water partition coefficient (Wildman–Crippen LogP) is 14.3. The highest BCUT2D eigenvalue weighted by Gasteiger charge is 2.39. The summed E-state index contributed by atoms with van der Waals surface area (Å²) in [6.45, 7) is 4.84. The third-order valence-electron chi connectivity index (χ3n) is 11.2. The first-order chi connectivity index (χ1) is 25.6. The van der Waals surface area contributed by atoms with E-state index in [1.165, 1.54) is 76.8 Å². The first kappa shape index (κ1) is 30.4. The molecule has 0 heterocycles. The van der Waals surface area contributed by atoms with Crippen molar-refractivity contribution in [2.75, 3.05) is 4.90 Å². The summed E-state index contributed by atoms with van der Waals surface area (Å²) in [5, 5.41) is 7.89. The van der Waals surface area contributed by atoms with Crippen molar-refractivity contribution in [1.82, 2.24) is 0 Å². The Kier molecular flexibility index (Phi) is 6.91. The van der Waals surface area contributed by atoms with E-state index >= 15 is 0 Å². The van der Waals surface area contributed by atoms with E-state index in [0.29, 0.717) is 0 Å². The van der Waals surface area contributed by atoms with Gasteiger partial charge in [-0.1, -0.05) is 172 Å². The van der Waals surface area contributed by atoms with Crippen LogP contribution in [0.4, 0.5) is 17.1 Å². The van der Waals surface area contributed by atoms with E-state index in [1.807, 2.05) is 0 Å². The topological polar surface area (TPSA) is 3.24 Å². The van der Waals surface area contributed by atoms with Crippen LogP contribution in [-0.2, 0) is 5.41 Å². The van der Waals surface area contributed by atoms with E-state index in [4.69, 9.17) is 0 Å². The molecule has 0 atom stereocenters. The molecule has 246 valence electrons. The molecule has 0 amide bonds. The predicted molar refractivity (Wildman–Crippen MR) is 222 cm³/mol. The number of hydrogen-bond donors (Lipinski definition) is 0. The minimum Gasteiger partial charge on any atom is -0.310 e. The lowest BCUT2D eigenvalue weighted by molar-refractivity contribution is 0.672. The van der Waals surface area contributed by atoms with Gasteiger partial charge in [-0.2, -0.15) is 0 Å². The average molecular weight is 664 g/mol. The van der Waals surface area contributed by atoms with Crippen LogP contribution in [0.1, 0.15) is 25.0 Å². The monoisotopic (exact) mass is 663 g/mol. The maximum Gasteiger partial charge on any atom is 0.0546 e. The molecule has 0 radical (unpaired) electrons. The number of fused-ring (bicyclic) bond motifs is 10. The standard InChI is InChI=1S/C51H37N/c1-51(2)49-41-31-28-39(32-37(41)27-30-46(49)48-44-24-14-12-22-42(44)43-23-13-15-25-45(43)50(48)51)52(38-20-10-5-11-21-38)47-33-36(34-16-6-3-7-17-34)26-29-40(47)35-18-8-4-9-19-35/h3-33H,1-2H3. The second-order valence-electron chi connectivity index (χ2n) is 14.5. The van der Waals surface area contributed by atoms with Crippen LogP contribution >= 0.6 is 0 Å². The molecular weight excluding hydrogens is 627 g/mol. The lowest BCUT2D eigenvalue weighted by Gasteiger charge is -2.29. The second kappa shape index (κ2) is 11.8. The normalized spacial score (nSPS) is 13.0. The van der Waals surface area contributed by atoms with Crippen LogP contribution in [0.2, 0.25) is 0 Å². The molecule has 0 aliphatic heterocycles. The van der Waals surface area contributed by atoms with E-state index in [-0.39, 0.29) is 5.41 Å². The van der Waals surface area contributed by atoms with Crippen molar-refractivity contribution < 1.29 is 0 Å². The zero-order chi connectivity index (χ0) is 34.8. The number of anilines is 3. The maximum absolute atomic E-state index is 2.43. The van der Waals surface area contributed by atoms with Crippen LogP contribution in [0, 0.1) is 0 Å². The van der Waals surface area contributed by atoms with Gasteiger partial charge < -0.3 is 4.90 Å². The van der Waals surface area contributed by atoms with E-state index in [1.54, 1.807) is 0 Å². The minimum absolute atomic E-state index is 0.182. The largest absolute Gasteiger partial charge is 0.310 e. The first-order valence-electron chi connectivity index (χ1n) is 18.2. The third-order valence-corrected chi connectivity index (χ3v) is 11.2. The molecule has 1 aliphatic rings. The van der Waals surface area contributed by atoms with Crippen molar-refractivity contribution in [3.63, 3.8) is 0 Å². The Hall–Kier alpha value is -6.44. The van der Waals surface area contributed by atoms with Gasteiger partial charge in [-0.15, -0.1) is 0 Å². The van der Waals surface area contributed by atoms with Crippen LogP contribution in [-0.4, -0.2) is 0 Å². The van der Waals surface area contributed by atoms with Crippen LogP contribution in [0.5, 0.6) is 0 Å². The van der Waals surface area contributed by atoms with E-state index in [0.717, 1.165) is 17.1 Å². The molecule has 0 bridgehead atoms. The number of para-hydroxylation sites is 1. The summed E-state index contributed by atoms with van der Waals surface area (Å²) in [4.78, 5) is 2.43. The zero-order valence-electron chi connectivity index (χ0n) is 29.3. The quantitative estimate of drug-likeness (QED) is 0.166. The van der Waals surface area contributed by atoms with E-state index < -0.39 is 0 Å². The Balaban J connectivity index is 1.21. The van der Waals surface area contributed by atoms with E-state index in [2.05, 4.69) is 207 Å². The van der Waals surface area contributed by atoms with Gasteiger partial charge in [0.2, 0.25) is 0 Å². The molecule has 9 aromatic carbocycles. The highest BCUT2D eigenvalue weighted by Crippen LogP contribution is 2.56. The van der Waals surface area contributed by atoms with Crippen molar-refractivity contribution in [2.45, 2.75) is 19.3 Å². The number of benzene rings is 9. The Labute approximate surface area is 305 Å². The van der Waals surface area contributed by atoms with Gasteiger partial charge in [0, 0.05) is 22.4 Å². The summed E-state index contributed by atoms with van der Waals surface area (Å²) < 4.78 is 0. The molecule has 52 heavy (non-hydrogen) atoms. The van der Waals surface area contributed by atoms with Crippen molar-refractivity contribution in [3.8, 4) is 33.4 Å². The fraction of sp³-hybridized carbons (Fsp3) is 0.0588. The molecule has 1 aliphatic carbocycles. The molecule has 9 aromatic rings. The van der Waals surface area contributed by atoms with Crippen molar-refractivity contribution in [2.24, 2.45) is 0 Å². The van der Waals surface area contributed by atoms with Crippen LogP contribution in [0.3, 0.4) is 0 Å². The molecule has 0 N–H and O–H groups in total. The summed E-state index contributed by atoms with van der Waals surface area (Å²) in [5.41, 5.74) is 13.6. The maximum atomic E-state index is 2.43. The molecule has 1 heteroatoms. The Morgan fingerprint density at radius 3 is 1.65 bits per heavy atom. The molecular formula is C51H37N. The summed E-state index contributed by atoms with van der Waals surface area (Å²) in [5.74, 6) is 0. The fourth-order valence-electron chi connectivity index (χ4n) is 8.93. The lowest BCUT2D eigenvalue weighted by atomic mass is 9.78. The summed E-state index contributed by atoms with van der Waals surface area (Å²) >= 11 is 0. The van der Waals surface area contributed by atoms with Gasteiger partial charge in [0.25, 0.3) is 0 Å². The van der Waals surface area contributed by atoms with E-state index in [9.17, 15) is 0 Å². The molecule has 0 fully saturated rings. The van der Waals surface area contributed by atoms with Crippen molar-refractivity contribution in [3.05, 3.63) is 199 Å². The minimum atomic E-state index is -0.182. The van der Waals surface area contributed by atoms with Crippen LogP contribution < -0.4 is 4.90 Å². The number of rotatable bonds is 5. The Morgan fingerprint density at radius 1 is 0.365 bits per heavy atom.